The summed E-state index contributed by atoms with van der Waals surface area (Å²) in [5.41, 5.74) is 0. The predicted molar refractivity (Wildman–Crippen MR) is 50.3 cm³/mol. The molecular formula is C7H17NO4S. The van der Waals surface area contributed by atoms with Crippen LogP contribution in [0.15, 0.2) is 0 Å². The fourth-order valence-electron chi connectivity index (χ4n) is 1.07. The van der Waals surface area contributed by atoms with E-state index in [1.807, 2.05) is 0 Å². The Morgan fingerprint density at radius 2 is 1.77 bits per heavy atom. The van der Waals surface area contributed by atoms with Gasteiger partial charge in [0.15, 0.2) is 0 Å². The van der Waals surface area contributed by atoms with Gasteiger partial charge in [0.2, 0.25) is 0 Å². The maximum atomic E-state index is 10.8. The van der Waals surface area contributed by atoms with Crippen LogP contribution >= 0.6 is 0 Å². The Hall–Kier alpha value is -0.170. The average Bonchev–Trinajstić information content (AvgIpc) is 1.96. The molecule has 1 atom stereocenters. The number of hydrogen-bond acceptors (Lipinski definition) is 5. The lowest BCUT2D eigenvalue weighted by Crippen LogP contribution is -2.44. The number of aliphatic hydroxyl groups excluding tert-OH is 2. The van der Waals surface area contributed by atoms with Gasteiger partial charge in [0, 0.05) is 12.3 Å². The molecule has 0 saturated carbocycles. The molecule has 0 aliphatic heterocycles. The minimum atomic E-state index is -3.01. The van der Waals surface area contributed by atoms with Gasteiger partial charge >= 0.3 is 0 Å². The fraction of sp³-hybridized carbons (Fsp3) is 1.00. The Balaban J connectivity index is 3.93. The molecular weight excluding hydrogens is 194 g/mol. The van der Waals surface area contributed by atoms with Gasteiger partial charge in [-0.25, -0.2) is 8.42 Å². The van der Waals surface area contributed by atoms with Gasteiger partial charge in [-0.1, -0.05) is 0 Å². The third kappa shape index (κ3) is 6.94. The van der Waals surface area contributed by atoms with Gasteiger partial charge in [-0.15, -0.1) is 0 Å². The highest BCUT2D eigenvalue weighted by atomic mass is 32.2. The second-order valence-electron chi connectivity index (χ2n) is 3.22. The Kier molecular flexibility index (Phi) is 5.46. The minimum Gasteiger partial charge on any atom is -0.395 e. The molecule has 3 N–H and O–H groups in total. The SMILES string of the molecule is CC(CS(C)(=O)=O)NC(CO)CO. The summed E-state index contributed by atoms with van der Waals surface area (Å²) in [7, 11) is -3.01. The summed E-state index contributed by atoms with van der Waals surface area (Å²) in [4.78, 5) is 0. The molecule has 0 spiro atoms. The minimum absolute atomic E-state index is 0.00347. The van der Waals surface area contributed by atoms with Crippen LogP contribution in [0, 0.1) is 0 Å². The number of aliphatic hydroxyl groups is 2. The molecule has 0 radical (unpaired) electrons. The van der Waals surface area contributed by atoms with E-state index >= 15 is 0 Å². The summed E-state index contributed by atoms with van der Waals surface area (Å²) in [6.45, 7) is 1.29. The zero-order valence-corrected chi connectivity index (χ0v) is 8.71. The molecule has 0 bridgehead atoms. The van der Waals surface area contributed by atoms with Crippen LogP contribution < -0.4 is 5.32 Å². The van der Waals surface area contributed by atoms with Crippen molar-refractivity contribution in [3.05, 3.63) is 0 Å². The van der Waals surface area contributed by atoms with Crippen molar-refractivity contribution < 1.29 is 18.6 Å². The number of sulfone groups is 1. The lowest BCUT2D eigenvalue weighted by atomic mass is 10.3. The van der Waals surface area contributed by atoms with Crippen LogP contribution in [0.25, 0.3) is 0 Å². The normalized spacial score (nSPS) is 14.8. The van der Waals surface area contributed by atoms with E-state index in [0.717, 1.165) is 6.26 Å². The summed E-state index contributed by atoms with van der Waals surface area (Å²) in [6, 6.07) is -0.712. The van der Waals surface area contributed by atoms with E-state index in [0.29, 0.717) is 0 Å². The molecule has 13 heavy (non-hydrogen) atoms. The highest BCUT2D eigenvalue weighted by Crippen LogP contribution is 1.92. The zero-order chi connectivity index (χ0) is 10.5. The Labute approximate surface area is 78.7 Å². The van der Waals surface area contributed by atoms with Crippen LogP contribution in [0.1, 0.15) is 6.92 Å². The summed E-state index contributed by atoms with van der Waals surface area (Å²) >= 11 is 0. The highest BCUT2D eigenvalue weighted by molar-refractivity contribution is 7.90. The van der Waals surface area contributed by atoms with Crippen molar-refractivity contribution in [3.63, 3.8) is 0 Å². The van der Waals surface area contributed by atoms with E-state index in [2.05, 4.69) is 5.32 Å². The van der Waals surface area contributed by atoms with Crippen molar-refractivity contribution in [2.24, 2.45) is 0 Å². The molecule has 0 aliphatic rings. The van der Waals surface area contributed by atoms with E-state index in [4.69, 9.17) is 10.2 Å². The van der Waals surface area contributed by atoms with Gasteiger partial charge < -0.3 is 15.5 Å². The average molecular weight is 211 g/mol. The van der Waals surface area contributed by atoms with Crippen molar-refractivity contribution in [3.8, 4) is 0 Å². The maximum Gasteiger partial charge on any atom is 0.148 e. The van der Waals surface area contributed by atoms with Crippen molar-refractivity contribution in [2.45, 2.75) is 19.0 Å². The topological polar surface area (TPSA) is 86.6 Å². The lowest BCUT2D eigenvalue weighted by Gasteiger charge is -2.18. The first-order valence-electron chi connectivity index (χ1n) is 4.04. The van der Waals surface area contributed by atoms with E-state index in [9.17, 15) is 8.42 Å². The maximum absolute atomic E-state index is 10.8. The van der Waals surface area contributed by atoms with Crippen LogP contribution in [0.3, 0.4) is 0 Å². The Bertz CT molecular complexity index is 223. The molecule has 1 unspecified atom stereocenters. The quantitative estimate of drug-likeness (QED) is 0.490. The fourth-order valence-corrected chi connectivity index (χ4v) is 2.07. The molecule has 5 nitrogen and oxygen atoms in total. The van der Waals surface area contributed by atoms with Crippen LogP contribution in [0.5, 0.6) is 0 Å². The van der Waals surface area contributed by atoms with Crippen LogP contribution in [-0.2, 0) is 9.84 Å². The molecule has 0 aliphatic carbocycles. The number of nitrogens with one attached hydrogen (secondary N) is 1. The molecule has 0 heterocycles. The molecule has 6 heteroatoms. The number of rotatable bonds is 6. The van der Waals surface area contributed by atoms with E-state index in [-0.39, 0.29) is 25.0 Å². The monoisotopic (exact) mass is 211 g/mol. The van der Waals surface area contributed by atoms with Crippen molar-refractivity contribution in [1.82, 2.24) is 5.32 Å². The molecule has 80 valence electrons. The van der Waals surface area contributed by atoms with Crippen molar-refractivity contribution in [2.75, 3.05) is 25.2 Å². The van der Waals surface area contributed by atoms with Crippen LogP contribution in [-0.4, -0.2) is 55.9 Å². The molecule has 0 fully saturated rings. The zero-order valence-electron chi connectivity index (χ0n) is 7.90. The molecule has 0 aromatic carbocycles. The summed E-state index contributed by atoms with van der Waals surface area (Å²) in [5, 5.41) is 20.2. The van der Waals surface area contributed by atoms with Gasteiger partial charge in [0.1, 0.15) is 9.84 Å². The molecule has 0 aromatic rings. The largest absolute Gasteiger partial charge is 0.395 e. The summed E-state index contributed by atoms with van der Waals surface area (Å²) in [5.74, 6) is 0.00347. The highest BCUT2D eigenvalue weighted by Gasteiger charge is 2.14. The van der Waals surface area contributed by atoms with Crippen molar-refractivity contribution in [1.29, 1.82) is 0 Å². The smallest absolute Gasteiger partial charge is 0.148 e. The molecule has 0 rings (SSSR count). The summed E-state index contributed by atoms with van der Waals surface area (Å²) < 4.78 is 21.7. The van der Waals surface area contributed by atoms with E-state index in [1.54, 1.807) is 6.92 Å². The first-order valence-corrected chi connectivity index (χ1v) is 6.10. The molecule has 0 aromatic heterocycles. The molecule has 0 amide bonds. The van der Waals surface area contributed by atoms with Gasteiger partial charge in [0.05, 0.1) is 25.0 Å². The third-order valence-electron chi connectivity index (χ3n) is 1.51. The predicted octanol–water partition coefficient (Wildman–Crippen LogP) is -1.64. The van der Waals surface area contributed by atoms with Gasteiger partial charge in [-0.3, -0.25) is 0 Å². The Morgan fingerprint density at radius 3 is 2.08 bits per heavy atom. The first kappa shape index (κ1) is 12.8. The van der Waals surface area contributed by atoms with E-state index in [1.165, 1.54) is 0 Å². The van der Waals surface area contributed by atoms with Crippen LogP contribution in [0.2, 0.25) is 0 Å². The Morgan fingerprint density at radius 1 is 1.31 bits per heavy atom. The second-order valence-corrected chi connectivity index (χ2v) is 5.41. The van der Waals surface area contributed by atoms with E-state index < -0.39 is 15.9 Å². The summed E-state index contributed by atoms with van der Waals surface area (Å²) in [6.07, 6.45) is 1.15. The van der Waals surface area contributed by atoms with Gasteiger partial charge in [-0.05, 0) is 6.92 Å². The standard InChI is InChI=1S/C7H17NO4S/c1-6(5-13(2,11)12)8-7(3-9)4-10/h6-10H,3-5H2,1-2H3. The van der Waals surface area contributed by atoms with Crippen LogP contribution in [0.4, 0.5) is 0 Å². The van der Waals surface area contributed by atoms with Gasteiger partial charge in [-0.2, -0.15) is 0 Å². The van der Waals surface area contributed by atoms with Gasteiger partial charge in [0.25, 0.3) is 0 Å². The third-order valence-corrected chi connectivity index (χ3v) is 2.62. The second kappa shape index (κ2) is 5.54. The lowest BCUT2D eigenvalue weighted by molar-refractivity contribution is 0.165. The molecule has 0 saturated heterocycles. The number of hydrogen-bond donors (Lipinski definition) is 3. The first-order chi connectivity index (χ1) is 5.89. The van der Waals surface area contributed by atoms with Crippen molar-refractivity contribution >= 4 is 9.84 Å².